The molecule has 1 fully saturated rings. The van der Waals surface area contributed by atoms with Gasteiger partial charge in [-0.3, -0.25) is 4.68 Å². The van der Waals surface area contributed by atoms with Crippen molar-refractivity contribution in [2.45, 2.75) is 44.4 Å². The van der Waals surface area contributed by atoms with E-state index < -0.39 is 5.97 Å². The summed E-state index contributed by atoms with van der Waals surface area (Å²) in [5.41, 5.74) is 1.32. The number of aromatic carboxylic acids is 1. The first-order chi connectivity index (χ1) is 7.53. The van der Waals surface area contributed by atoms with E-state index >= 15 is 0 Å². The molecule has 0 bridgehead atoms. The topological polar surface area (TPSA) is 55.1 Å². The van der Waals surface area contributed by atoms with Crippen molar-refractivity contribution in [1.29, 1.82) is 0 Å². The average molecular weight is 222 g/mol. The zero-order valence-electron chi connectivity index (χ0n) is 9.86. The van der Waals surface area contributed by atoms with Crippen molar-refractivity contribution in [3.05, 3.63) is 17.5 Å². The van der Waals surface area contributed by atoms with Crippen LogP contribution in [-0.4, -0.2) is 20.9 Å². The van der Waals surface area contributed by atoms with Crippen LogP contribution >= 0.6 is 0 Å². The molecule has 88 valence electrons. The van der Waals surface area contributed by atoms with E-state index in [0.717, 1.165) is 18.5 Å². The van der Waals surface area contributed by atoms with Gasteiger partial charge in [0.05, 0.1) is 0 Å². The van der Waals surface area contributed by atoms with Gasteiger partial charge in [-0.25, -0.2) is 4.79 Å². The summed E-state index contributed by atoms with van der Waals surface area (Å²) in [5.74, 6) is -0.943. The minimum Gasteiger partial charge on any atom is -0.476 e. The maximum atomic E-state index is 10.9. The number of rotatable bonds is 2. The van der Waals surface area contributed by atoms with Crippen LogP contribution in [0.1, 0.15) is 55.2 Å². The van der Waals surface area contributed by atoms with Gasteiger partial charge >= 0.3 is 5.97 Å². The maximum Gasteiger partial charge on any atom is 0.356 e. The van der Waals surface area contributed by atoms with Gasteiger partial charge < -0.3 is 5.11 Å². The molecule has 16 heavy (non-hydrogen) atoms. The van der Waals surface area contributed by atoms with E-state index in [-0.39, 0.29) is 11.1 Å². The van der Waals surface area contributed by atoms with Crippen LogP contribution < -0.4 is 0 Å². The number of hydrogen-bond donors (Lipinski definition) is 1. The summed E-state index contributed by atoms with van der Waals surface area (Å²) in [7, 11) is 1.83. The highest BCUT2D eigenvalue weighted by atomic mass is 16.4. The molecule has 0 aliphatic heterocycles. The molecule has 1 aromatic heterocycles. The molecule has 4 heteroatoms. The smallest absolute Gasteiger partial charge is 0.356 e. The number of nitrogens with zero attached hydrogens (tertiary/aromatic N) is 2. The lowest BCUT2D eigenvalue weighted by atomic mass is 9.73. The Labute approximate surface area is 95.3 Å². The molecule has 0 aromatic carbocycles. The summed E-state index contributed by atoms with van der Waals surface area (Å²) in [6.07, 6.45) is 6.00. The van der Waals surface area contributed by atoms with E-state index in [0.29, 0.717) is 0 Å². The predicted molar refractivity (Wildman–Crippen MR) is 60.6 cm³/mol. The van der Waals surface area contributed by atoms with Gasteiger partial charge in [-0.05, 0) is 18.9 Å². The van der Waals surface area contributed by atoms with Gasteiger partial charge in [-0.15, -0.1) is 0 Å². The number of aromatic nitrogens is 2. The van der Waals surface area contributed by atoms with Crippen LogP contribution in [-0.2, 0) is 12.5 Å². The molecule has 1 aliphatic rings. The van der Waals surface area contributed by atoms with Crippen LogP contribution in [0.2, 0.25) is 0 Å². The first kappa shape index (κ1) is 11.2. The summed E-state index contributed by atoms with van der Waals surface area (Å²) in [4.78, 5) is 10.9. The number of carboxylic acid groups (broad SMARTS) is 1. The van der Waals surface area contributed by atoms with Crippen molar-refractivity contribution in [2.24, 2.45) is 7.05 Å². The third kappa shape index (κ3) is 1.84. The number of aryl methyl sites for hydroxylation is 1. The number of hydrogen-bond acceptors (Lipinski definition) is 2. The molecule has 0 atom stereocenters. The fourth-order valence-corrected chi connectivity index (χ4v) is 2.72. The van der Waals surface area contributed by atoms with Gasteiger partial charge in [-0.1, -0.05) is 26.2 Å². The summed E-state index contributed by atoms with van der Waals surface area (Å²) in [5, 5.41) is 13.0. The lowest BCUT2D eigenvalue weighted by Crippen LogP contribution is -2.27. The zero-order chi connectivity index (χ0) is 11.8. The van der Waals surface area contributed by atoms with Crippen LogP contribution in [0.5, 0.6) is 0 Å². The van der Waals surface area contributed by atoms with Gasteiger partial charge in [0.2, 0.25) is 0 Å². The van der Waals surface area contributed by atoms with E-state index in [9.17, 15) is 4.79 Å². The summed E-state index contributed by atoms with van der Waals surface area (Å²) in [6, 6.07) is 1.73. The first-order valence-electron chi connectivity index (χ1n) is 5.81. The molecular formula is C12H18N2O2. The van der Waals surface area contributed by atoms with Crippen molar-refractivity contribution in [2.75, 3.05) is 0 Å². The van der Waals surface area contributed by atoms with Crippen LogP contribution in [0.15, 0.2) is 6.07 Å². The Balaban J connectivity index is 2.35. The zero-order valence-corrected chi connectivity index (χ0v) is 9.86. The second kappa shape index (κ2) is 3.92. The van der Waals surface area contributed by atoms with Crippen molar-refractivity contribution < 1.29 is 9.90 Å². The van der Waals surface area contributed by atoms with Crippen molar-refractivity contribution in [3.8, 4) is 0 Å². The Kier molecular flexibility index (Phi) is 2.74. The number of carboxylic acids is 1. The fraction of sp³-hybridized carbons (Fsp3) is 0.667. The summed E-state index contributed by atoms with van der Waals surface area (Å²) in [6.45, 7) is 2.22. The Morgan fingerprint density at radius 3 is 2.56 bits per heavy atom. The Morgan fingerprint density at radius 2 is 2.06 bits per heavy atom. The molecule has 0 spiro atoms. The maximum absolute atomic E-state index is 10.9. The Hall–Kier alpha value is -1.32. The van der Waals surface area contributed by atoms with E-state index in [1.165, 1.54) is 19.3 Å². The molecule has 2 rings (SSSR count). The average Bonchev–Trinajstić information content (AvgIpc) is 2.62. The Bertz CT molecular complexity index is 403. The molecule has 1 aromatic rings. The van der Waals surface area contributed by atoms with Gasteiger partial charge in [0.15, 0.2) is 5.69 Å². The van der Waals surface area contributed by atoms with Crippen LogP contribution in [0.25, 0.3) is 0 Å². The first-order valence-corrected chi connectivity index (χ1v) is 5.81. The molecular weight excluding hydrogens is 204 g/mol. The van der Waals surface area contributed by atoms with Crippen LogP contribution in [0, 0.1) is 0 Å². The van der Waals surface area contributed by atoms with Gasteiger partial charge in [0, 0.05) is 18.2 Å². The second-order valence-electron chi connectivity index (χ2n) is 4.96. The normalized spacial score (nSPS) is 19.6. The van der Waals surface area contributed by atoms with E-state index in [4.69, 9.17) is 5.11 Å². The third-order valence-corrected chi connectivity index (χ3v) is 3.67. The third-order valence-electron chi connectivity index (χ3n) is 3.67. The second-order valence-corrected chi connectivity index (χ2v) is 4.96. The van der Waals surface area contributed by atoms with Gasteiger partial charge in [0.25, 0.3) is 0 Å². The highest BCUT2D eigenvalue weighted by Crippen LogP contribution is 2.38. The van der Waals surface area contributed by atoms with Crippen molar-refractivity contribution in [1.82, 2.24) is 9.78 Å². The Morgan fingerprint density at radius 1 is 1.44 bits per heavy atom. The van der Waals surface area contributed by atoms with Crippen LogP contribution in [0.4, 0.5) is 0 Å². The standard InChI is InChI=1S/C12H18N2O2/c1-12(6-4-3-5-7-12)10-8-9(11(15)16)13-14(10)2/h8H,3-7H2,1-2H3,(H,15,16). The van der Waals surface area contributed by atoms with Crippen molar-refractivity contribution >= 4 is 5.97 Å². The highest BCUT2D eigenvalue weighted by Gasteiger charge is 2.32. The lowest BCUT2D eigenvalue weighted by molar-refractivity contribution is 0.0689. The quantitative estimate of drug-likeness (QED) is 0.835. The fourth-order valence-electron chi connectivity index (χ4n) is 2.72. The largest absolute Gasteiger partial charge is 0.476 e. The molecule has 0 saturated heterocycles. The predicted octanol–water partition coefficient (Wildman–Crippen LogP) is 2.34. The molecule has 1 aliphatic carbocycles. The molecule has 0 radical (unpaired) electrons. The molecule has 1 N–H and O–H groups in total. The lowest BCUT2D eigenvalue weighted by Gasteiger charge is -2.33. The van der Waals surface area contributed by atoms with E-state index in [2.05, 4.69) is 12.0 Å². The summed E-state index contributed by atoms with van der Waals surface area (Å²) >= 11 is 0. The molecule has 1 saturated carbocycles. The minimum atomic E-state index is -0.943. The van der Waals surface area contributed by atoms with E-state index in [1.807, 2.05) is 7.05 Å². The number of carbonyl (C=O) groups is 1. The molecule has 1 heterocycles. The molecule has 0 amide bonds. The van der Waals surface area contributed by atoms with Gasteiger partial charge in [0.1, 0.15) is 0 Å². The minimum absolute atomic E-state index is 0.105. The SMILES string of the molecule is Cn1nc(C(=O)O)cc1C1(C)CCCCC1. The van der Waals surface area contributed by atoms with E-state index in [1.54, 1.807) is 10.7 Å². The monoisotopic (exact) mass is 222 g/mol. The van der Waals surface area contributed by atoms with Crippen molar-refractivity contribution in [3.63, 3.8) is 0 Å². The summed E-state index contributed by atoms with van der Waals surface area (Å²) < 4.78 is 1.73. The van der Waals surface area contributed by atoms with Gasteiger partial charge in [-0.2, -0.15) is 5.10 Å². The van der Waals surface area contributed by atoms with Crippen LogP contribution in [0.3, 0.4) is 0 Å². The highest BCUT2D eigenvalue weighted by molar-refractivity contribution is 5.85. The molecule has 4 nitrogen and oxygen atoms in total. The molecule has 0 unspecified atom stereocenters.